The fraction of sp³-hybridized carbons (Fsp3) is 0.130. The second kappa shape index (κ2) is 10.3. The summed E-state index contributed by atoms with van der Waals surface area (Å²) in [6.07, 6.45) is 0.778. The number of nitrogens with zero attached hydrogens (tertiary/aromatic N) is 1. The molecule has 0 aromatic heterocycles. The van der Waals surface area contributed by atoms with Gasteiger partial charge in [0.1, 0.15) is 18.1 Å². The molecule has 0 aliphatic heterocycles. The van der Waals surface area contributed by atoms with Crippen LogP contribution in [0.15, 0.2) is 84.0 Å². The van der Waals surface area contributed by atoms with E-state index in [1.807, 2.05) is 42.5 Å². The number of carbonyl (C=O) groups is 1. The van der Waals surface area contributed by atoms with E-state index in [4.69, 9.17) is 21.1 Å². The third kappa shape index (κ3) is 6.36. The highest BCUT2D eigenvalue weighted by molar-refractivity contribution is 6.33. The van der Waals surface area contributed by atoms with Crippen molar-refractivity contribution in [3.8, 4) is 11.5 Å². The minimum absolute atomic E-state index is 0.363. The van der Waals surface area contributed by atoms with E-state index < -0.39 is 6.10 Å². The topological polar surface area (TPSA) is 59.9 Å². The van der Waals surface area contributed by atoms with Crippen LogP contribution in [0.2, 0.25) is 5.02 Å². The maximum atomic E-state index is 12.1. The van der Waals surface area contributed by atoms with Gasteiger partial charge in [0.05, 0.1) is 6.21 Å². The van der Waals surface area contributed by atoms with Gasteiger partial charge in [0.25, 0.3) is 5.91 Å². The number of hydrazone groups is 1. The number of amides is 1. The summed E-state index contributed by atoms with van der Waals surface area (Å²) in [5.41, 5.74) is 4.26. The van der Waals surface area contributed by atoms with Crippen molar-refractivity contribution in [3.05, 3.63) is 95.0 Å². The standard InChI is InChI=1S/C23H21ClN2O3/c1-17(23(27)26-25-15-19-9-5-6-10-22(19)24)29-21-13-11-20(12-14-21)28-16-18-7-3-2-4-8-18/h2-15,17H,16H2,1H3,(H,26,27)/b25-15+. The molecule has 0 aliphatic carbocycles. The van der Waals surface area contributed by atoms with E-state index in [0.717, 1.165) is 11.3 Å². The zero-order chi connectivity index (χ0) is 20.5. The van der Waals surface area contributed by atoms with Crippen LogP contribution in [0.25, 0.3) is 0 Å². The Balaban J connectivity index is 1.47. The zero-order valence-corrected chi connectivity index (χ0v) is 16.7. The van der Waals surface area contributed by atoms with E-state index in [9.17, 15) is 4.79 Å². The molecule has 3 aromatic rings. The van der Waals surface area contributed by atoms with Gasteiger partial charge in [-0.1, -0.05) is 60.1 Å². The molecule has 5 nitrogen and oxygen atoms in total. The van der Waals surface area contributed by atoms with Crippen molar-refractivity contribution >= 4 is 23.7 Å². The summed E-state index contributed by atoms with van der Waals surface area (Å²) in [5, 5.41) is 4.48. The Kier molecular flexibility index (Phi) is 7.25. The van der Waals surface area contributed by atoms with Crippen LogP contribution in [0.1, 0.15) is 18.1 Å². The fourth-order valence-corrected chi connectivity index (χ4v) is 2.63. The summed E-state index contributed by atoms with van der Waals surface area (Å²) in [6.45, 7) is 2.14. The Hall–Kier alpha value is -3.31. The zero-order valence-electron chi connectivity index (χ0n) is 15.9. The van der Waals surface area contributed by atoms with Gasteiger partial charge in [-0.05, 0) is 42.8 Å². The van der Waals surface area contributed by atoms with E-state index in [-0.39, 0.29) is 5.91 Å². The number of nitrogens with one attached hydrogen (secondary N) is 1. The summed E-state index contributed by atoms with van der Waals surface area (Å²) in [5.74, 6) is 0.926. The monoisotopic (exact) mass is 408 g/mol. The SMILES string of the molecule is CC(Oc1ccc(OCc2ccccc2)cc1)C(=O)N/N=C/c1ccccc1Cl. The molecular weight excluding hydrogens is 388 g/mol. The Morgan fingerprint density at radius 3 is 2.38 bits per heavy atom. The predicted molar refractivity (Wildman–Crippen MR) is 114 cm³/mol. The number of ether oxygens (including phenoxy) is 2. The molecule has 0 aliphatic rings. The first-order valence-electron chi connectivity index (χ1n) is 9.13. The number of halogens is 1. The molecule has 1 amide bonds. The average molecular weight is 409 g/mol. The maximum absolute atomic E-state index is 12.1. The minimum atomic E-state index is -0.713. The summed E-state index contributed by atoms with van der Waals surface area (Å²) >= 11 is 6.04. The lowest BCUT2D eigenvalue weighted by Crippen LogP contribution is -2.33. The van der Waals surface area contributed by atoms with Crippen LogP contribution in [-0.4, -0.2) is 18.2 Å². The Morgan fingerprint density at radius 1 is 1.00 bits per heavy atom. The predicted octanol–water partition coefficient (Wildman–Crippen LogP) is 4.84. The Labute approximate surface area is 174 Å². The highest BCUT2D eigenvalue weighted by Gasteiger charge is 2.14. The van der Waals surface area contributed by atoms with Gasteiger partial charge in [0.2, 0.25) is 0 Å². The molecule has 29 heavy (non-hydrogen) atoms. The molecule has 1 atom stereocenters. The molecule has 3 aromatic carbocycles. The van der Waals surface area contributed by atoms with Crippen molar-refractivity contribution in [2.75, 3.05) is 0 Å². The summed E-state index contributed by atoms with van der Waals surface area (Å²) in [4.78, 5) is 12.1. The van der Waals surface area contributed by atoms with Crippen molar-refractivity contribution in [3.63, 3.8) is 0 Å². The first-order chi connectivity index (χ1) is 14.1. The summed E-state index contributed by atoms with van der Waals surface area (Å²) < 4.78 is 11.4. The van der Waals surface area contributed by atoms with Gasteiger partial charge in [-0.15, -0.1) is 0 Å². The molecule has 148 valence electrons. The second-order valence-electron chi connectivity index (χ2n) is 6.26. The molecule has 3 rings (SSSR count). The quantitative estimate of drug-likeness (QED) is 0.428. The highest BCUT2D eigenvalue weighted by Crippen LogP contribution is 2.19. The second-order valence-corrected chi connectivity index (χ2v) is 6.67. The van der Waals surface area contributed by atoms with E-state index in [1.54, 1.807) is 43.3 Å². The first-order valence-corrected chi connectivity index (χ1v) is 9.50. The summed E-state index contributed by atoms with van der Waals surface area (Å²) in [6, 6.07) is 24.3. The molecular formula is C23H21ClN2O3. The molecule has 1 N–H and O–H groups in total. The van der Waals surface area contributed by atoms with E-state index in [2.05, 4.69) is 10.5 Å². The largest absolute Gasteiger partial charge is 0.489 e. The Bertz CT molecular complexity index is 959. The molecule has 0 spiro atoms. The third-order valence-corrected chi connectivity index (χ3v) is 4.38. The molecule has 0 fully saturated rings. The number of hydrogen-bond donors (Lipinski definition) is 1. The lowest BCUT2D eigenvalue weighted by atomic mass is 10.2. The van der Waals surface area contributed by atoms with Crippen molar-refractivity contribution in [2.45, 2.75) is 19.6 Å². The van der Waals surface area contributed by atoms with Crippen LogP contribution in [0.4, 0.5) is 0 Å². The normalized spacial score (nSPS) is 11.8. The summed E-state index contributed by atoms with van der Waals surface area (Å²) in [7, 11) is 0. The lowest BCUT2D eigenvalue weighted by Gasteiger charge is -2.13. The highest BCUT2D eigenvalue weighted by atomic mass is 35.5. The number of benzene rings is 3. The van der Waals surface area contributed by atoms with Crippen LogP contribution in [-0.2, 0) is 11.4 Å². The molecule has 0 heterocycles. The van der Waals surface area contributed by atoms with Crippen molar-refractivity contribution in [1.29, 1.82) is 0 Å². The first kappa shape index (κ1) is 20.4. The van der Waals surface area contributed by atoms with Gasteiger partial charge in [0.15, 0.2) is 6.10 Å². The molecule has 6 heteroatoms. The van der Waals surface area contributed by atoms with E-state index in [1.165, 1.54) is 6.21 Å². The molecule has 0 radical (unpaired) electrons. The Morgan fingerprint density at radius 2 is 1.66 bits per heavy atom. The molecule has 0 saturated carbocycles. The molecule has 0 bridgehead atoms. The van der Waals surface area contributed by atoms with Crippen LogP contribution >= 0.6 is 11.6 Å². The molecule has 1 unspecified atom stereocenters. The number of hydrogen-bond acceptors (Lipinski definition) is 4. The molecule has 0 saturated heterocycles. The maximum Gasteiger partial charge on any atom is 0.280 e. The van der Waals surface area contributed by atoms with Crippen molar-refractivity contribution in [2.24, 2.45) is 5.10 Å². The van der Waals surface area contributed by atoms with Gasteiger partial charge in [-0.3, -0.25) is 4.79 Å². The fourth-order valence-electron chi connectivity index (χ4n) is 2.45. The minimum Gasteiger partial charge on any atom is -0.489 e. The third-order valence-electron chi connectivity index (χ3n) is 4.04. The van der Waals surface area contributed by atoms with Gasteiger partial charge in [-0.2, -0.15) is 5.10 Å². The van der Waals surface area contributed by atoms with Gasteiger partial charge in [0, 0.05) is 10.6 Å². The van der Waals surface area contributed by atoms with Crippen LogP contribution in [0.5, 0.6) is 11.5 Å². The van der Waals surface area contributed by atoms with E-state index in [0.29, 0.717) is 22.9 Å². The smallest absolute Gasteiger partial charge is 0.280 e. The lowest BCUT2D eigenvalue weighted by molar-refractivity contribution is -0.127. The van der Waals surface area contributed by atoms with Crippen LogP contribution in [0.3, 0.4) is 0 Å². The van der Waals surface area contributed by atoms with Gasteiger partial charge < -0.3 is 9.47 Å². The van der Waals surface area contributed by atoms with Gasteiger partial charge in [-0.25, -0.2) is 5.43 Å². The van der Waals surface area contributed by atoms with Crippen molar-refractivity contribution in [1.82, 2.24) is 5.43 Å². The average Bonchev–Trinajstić information content (AvgIpc) is 2.75. The van der Waals surface area contributed by atoms with E-state index >= 15 is 0 Å². The van der Waals surface area contributed by atoms with Crippen LogP contribution < -0.4 is 14.9 Å². The van der Waals surface area contributed by atoms with Gasteiger partial charge >= 0.3 is 0 Å². The number of carbonyl (C=O) groups excluding carboxylic acids is 1. The van der Waals surface area contributed by atoms with Crippen molar-refractivity contribution < 1.29 is 14.3 Å². The van der Waals surface area contributed by atoms with Crippen LogP contribution in [0, 0.1) is 0 Å². The number of rotatable bonds is 8.